The molecule has 0 saturated heterocycles. The zero-order valence-electron chi connectivity index (χ0n) is 20.0. The summed E-state index contributed by atoms with van der Waals surface area (Å²) in [5, 5.41) is 22.9. The van der Waals surface area contributed by atoms with Crippen molar-refractivity contribution in [2.45, 2.75) is 31.5 Å². The van der Waals surface area contributed by atoms with E-state index in [-0.39, 0.29) is 0 Å². The van der Waals surface area contributed by atoms with Crippen molar-refractivity contribution in [3.8, 4) is 11.5 Å². The third kappa shape index (κ3) is 8.21. The summed E-state index contributed by atoms with van der Waals surface area (Å²) in [6, 6.07) is 26.2. The number of hydrogen-bond donors (Lipinski definition) is 3. The van der Waals surface area contributed by atoms with Crippen LogP contribution in [0.5, 0.6) is 11.5 Å². The van der Waals surface area contributed by atoms with Gasteiger partial charge in [-0.2, -0.15) is 0 Å². The van der Waals surface area contributed by atoms with Crippen molar-refractivity contribution >= 4 is 0 Å². The molecule has 3 N–H and O–H groups in total. The largest absolute Gasteiger partial charge is 0.508 e. The Morgan fingerprint density at radius 3 is 1.70 bits per heavy atom. The molecule has 0 bridgehead atoms. The van der Waals surface area contributed by atoms with Crippen LogP contribution in [0.3, 0.4) is 0 Å². The van der Waals surface area contributed by atoms with Gasteiger partial charge in [0.2, 0.25) is 0 Å². The maximum absolute atomic E-state index is 9.66. The summed E-state index contributed by atoms with van der Waals surface area (Å²) in [6.07, 6.45) is 1.82. The first-order valence-corrected chi connectivity index (χ1v) is 11.6. The highest BCUT2D eigenvalue weighted by Crippen LogP contribution is 2.16. The molecule has 176 valence electrons. The van der Waals surface area contributed by atoms with Crippen LogP contribution in [0.4, 0.5) is 0 Å². The number of phenols is 2. The second-order valence-corrected chi connectivity index (χ2v) is 9.07. The number of hydrogen-bond acceptors (Lipinski definition) is 5. The molecule has 0 fully saturated rings. The molecule has 2 atom stereocenters. The number of phenolic OH excluding ortho intramolecular Hbond substituents is 2. The molecule has 0 heterocycles. The molecule has 3 aromatic carbocycles. The molecule has 0 amide bonds. The Bertz CT molecular complexity index is 943. The van der Waals surface area contributed by atoms with Gasteiger partial charge in [-0.15, -0.1) is 0 Å². The summed E-state index contributed by atoms with van der Waals surface area (Å²) in [7, 11) is 6.45. The highest BCUT2D eigenvalue weighted by atomic mass is 16.3. The first-order valence-electron chi connectivity index (χ1n) is 11.6. The van der Waals surface area contributed by atoms with Gasteiger partial charge in [-0.05, 0) is 74.9 Å². The van der Waals surface area contributed by atoms with Gasteiger partial charge in [0.05, 0.1) is 0 Å². The molecule has 0 aliphatic heterocycles. The minimum absolute atomic E-state index is 0.299. The van der Waals surface area contributed by atoms with Crippen molar-refractivity contribution in [2.24, 2.45) is 0 Å². The van der Waals surface area contributed by atoms with Crippen molar-refractivity contribution in [3.05, 3.63) is 95.6 Å². The Balaban J connectivity index is 1.67. The highest BCUT2D eigenvalue weighted by molar-refractivity contribution is 5.27. The Labute approximate surface area is 198 Å². The van der Waals surface area contributed by atoms with Crippen molar-refractivity contribution in [1.29, 1.82) is 0 Å². The van der Waals surface area contributed by atoms with E-state index in [1.165, 1.54) is 16.7 Å². The molecule has 0 aromatic heterocycles. The van der Waals surface area contributed by atoms with Crippen molar-refractivity contribution in [2.75, 3.05) is 34.2 Å². The van der Waals surface area contributed by atoms with Gasteiger partial charge in [0.1, 0.15) is 11.5 Å². The molecule has 0 saturated carbocycles. The van der Waals surface area contributed by atoms with E-state index in [2.05, 4.69) is 60.5 Å². The molecule has 3 aromatic rings. The topological polar surface area (TPSA) is 59.0 Å². The van der Waals surface area contributed by atoms with Gasteiger partial charge in [-0.3, -0.25) is 0 Å². The summed E-state index contributed by atoms with van der Waals surface area (Å²) in [5.74, 6) is 0.600. The predicted octanol–water partition coefficient (Wildman–Crippen LogP) is 3.90. The number of aromatic hydroxyl groups is 2. The van der Waals surface area contributed by atoms with Crippen molar-refractivity contribution in [3.63, 3.8) is 0 Å². The van der Waals surface area contributed by atoms with Crippen LogP contribution in [0.25, 0.3) is 0 Å². The van der Waals surface area contributed by atoms with E-state index >= 15 is 0 Å². The normalized spacial score (nSPS) is 13.4. The Hall–Kier alpha value is -2.86. The van der Waals surface area contributed by atoms with Gasteiger partial charge in [0.15, 0.2) is 0 Å². The summed E-state index contributed by atoms with van der Waals surface area (Å²) >= 11 is 0. The van der Waals surface area contributed by atoms with Crippen LogP contribution >= 0.6 is 0 Å². The van der Waals surface area contributed by atoms with Crippen LogP contribution < -0.4 is 5.32 Å². The Morgan fingerprint density at radius 1 is 0.667 bits per heavy atom. The molecule has 0 radical (unpaired) electrons. The molecule has 0 spiro atoms. The monoisotopic (exact) mass is 447 g/mol. The standard InChI is InChI=1S/C28H37N3O2/c1-30(2)26(18-23-11-15-28(33)16-12-23)21-31(3)25(17-22-9-13-27(32)14-10-22)20-29-19-24-7-5-4-6-8-24/h4-16,25-26,29,32-33H,17-21H2,1-3H3/t25-,26-/m0/s1. The average Bonchev–Trinajstić information content (AvgIpc) is 2.81. The maximum atomic E-state index is 9.66. The average molecular weight is 448 g/mol. The quantitative estimate of drug-likeness (QED) is 0.393. The fraction of sp³-hybridized carbons (Fsp3) is 0.357. The fourth-order valence-electron chi connectivity index (χ4n) is 4.06. The maximum Gasteiger partial charge on any atom is 0.115 e. The van der Waals surface area contributed by atoms with E-state index in [0.29, 0.717) is 23.6 Å². The van der Waals surface area contributed by atoms with Crippen LogP contribution in [0.2, 0.25) is 0 Å². The SMILES string of the molecule is CN(C)[C@@H](Cc1ccc(O)cc1)CN(C)[C@H](CNCc1ccccc1)Cc1ccc(O)cc1. The van der Waals surface area contributed by atoms with E-state index in [1.54, 1.807) is 24.3 Å². The minimum Gasteiger partial charge on any atom is -0.508 e. The van der Waals surface area contributed by atoms with Gasteiger partial charge in [-0.1, -0.05) is 54.6 Å². The first kappa shape index (κ1) is 24.8. The van der Waals surface area contributed by atoms with Crippen LogP contribution in [0.1, 0.15) is 16.7 Å². The lowest BCUT2D eigenvalue weighted by Crippen LogP contribution is -2.48. The molecule has 0 aliphatic rings. The third-order valence-corrected chi connectivity index (χ3v) is 6.22. The second-order valence-electron chi connectivity index (χ2n) is 9.07. The molecule has 5 nitrogen and oxygen atoms in total. The summed E-state index contributed by atoms with van der Waals surface area (Å²) in [4.78, 5) is 4.72. The van der Waals surface area contributed by atoms with E-state index in [4.69, 9.17) is 0 Å². The van der Waals surface area contributed by atoms with Crippen molar-refractivity contribution in [1.82, 2.24) is 15.1 Å². The number of nitrogens with zero attached hydrogens (tertiary/aromatic N) is 2. The number of nitrogens with one attached hydrogen (secondary N) is 1. The molecule has 0 unspecified atom stereocenters. The van der Waals surface area contributed by atoms with E-state index in [9.17, 15) is 10.2 Å². The van der Waals surface area contributed by atoms with Gasteiger partial charge in [0.25, 0.3) is 0 Å². The van der Waals surface area contributed by atoms with Crippen LogP contribution in [0.15, 0.2) is 78.9 Å². The zero-order valence-corrected chi connectivity index (χ0v) is 20.0. The summed E-state index contributed by atoms with van der Waals surface area (Å²) in [5.41, 5.74) is 3.71. The van der Waals surface area contributed by atoms with Crippen LogP contribution in [0, 0.1) is 0 Å². The third-order valence-electron chi connectivity index (χ3n) is 6.22. The predicted molar refractivity (Wildman–Crippen MR) is 136 cm³/mol. The molecule has 3 rings (SSSR count). The number of rotatable bonds is 12. The smallest absolute Gasteiger partial charge is 0.115 e. The molecular weight excluding hydrogens is 410 g/mol. The number of likely N-dealkylation sites (N-methyl/N-ethyl adjacent to an activating group) is 2. The van der Waals surface area contributed by atoms with Gasteiger partial charge in [0, 0.05) is 31.7 Å². The molecular formula is C28H37N3O2. The lowest BCUT2D eigenvalue weighted by Gasteiger charge is -2.34. The lowest BCUT2D eigenvalue weighted by molar-refractivity contribution is 0.163. The second kappa shape index (κ2) is 12.4. The van der Waals surface area contributed by atoms with Gasteiger partial charge >= 0.3 is 0 Å². The fourth-order valence-corrected chi connectivity index (χ4v) is 4.06. The Kier molecular flexibility index (Phi) is 9.31. The minimum atomic E-state index is 0.299. The molecule has 5 heteroatoms. The van der Waals surface area contributed by atoms with Gasteiger partial charge in [-0.25, -0.2) is 0 Å². The first-order chi connectivity index (χ1) is 15.9. The lowest BCUT2D eigenvalue weighted by atomic mass is 10.0. The van der Waals surface area contributed by atoms with Crippen molar-refractivity contribution < 1.29 is 10.2 Å². The van der Waals surface area contributed by atoms with Gasteiger partial charge < -0.3 is 25.3 Å². The highest BCUT2D eigenvalue weighted by Gasteiger charge is 2.21. The molecule has 0 aliphatic carbocycles. The van der Waals surface area contributed by atoms with E-state index in [1.807, 2.05) is 30.3 Å². The Morgan fingerprint density at radius 2 is 1.18 bits per heavy atom. The molecule has 33 heavy (non-hydrogen) atoms. The summed E-state index contributed by atoms with van der Waals surface area (Å²) < 4.78 is 0. The zero-order chi connectivity index (χ0) is 23.6. The van der Waals surface area contributed by atoms with Crippen LogP contribution in [-0.2, 0) is 19.4 Å². The number of benzene rings is 3. The summed E-state index contributed by atoms with van der Waals surface area (Å²) in [6.45, 7) is 2.63. The van der Waals surface area contributed by atoms with E-state index in [0.717, 1.165) is 32.5 Å². The van der Waals surface area contributed by atoms with Crippen LogP contribution in [-0.4, -0.2) is 66.3 Å². The van der Waals surface area contributed by atoms with E-state index < -0.39 is 0 Å².